The van der Waals surface area contributed by atoms with Crippen molar-refractivity contribution < 1.29 is 4.79 Å². The number of halogens is 1. The summed E-state index contributed by atoms with van der Waals surface area (Å²) in [4.78, 5) is 17.7. The summed E-state index contributed by atoms with van der Waals surface area (Å²) in [5.41, 5.74) is 1.10. The van der Waals surface area contributed by atoms with E-state index in [2.05, 4.69) is 20.5 Å². The summed E-state index contributed by atoms with van der Waals surface area (Å²) in [5.74, 6) is 0.639. The van der Waals surface area contributed by atoms with E-state index < -0.39 is 0 Å². The van der Waals surface area contributed by atoms with Gasteiger partial charge in [0.05, 0.1) is 0 Å². The van der Waals surface area contributed by atoms with Crippen LogP contribution >= 0.6 is 11.6 Å². The summed E-state index contributed by atoms with van der Waals surface area (Å²) in [6, 6.07) is 7.61. The van der Waals surface area contributed by atoms with Crippen molar-refractivity contribution in [1.82, 2.24) is 20.1 Å². The Bertz CT molecular complexity index is 601. The van der Waals surface area contributed by atoms with Crippen molar-refractivity contribution in [3.8, 4) is 0 Å². The Kier molecular flexibility index (Phi) is 3.56. The Morgan fingerprint density at radius 2 is 2.30 bits per heavy atom. The highest BCUT2D eigenvalue weighted by atomic mass is 35.5. The average molecular weight is 292 g/mol. The number of hydrogen-bond donors (Lipinski definition) is 2. The van der Waals surface area contributed by atoms with E-state index in [0.717, 1.165) is 17.0 Å². The number of amides is 2. The monoisotopic (exact) mass is 291 g/mol. The normalized spacial score (nSPS) is 18.2. The number of urea groups is 1. The van der Waals surface area contributed by atoms with Crippen LogP contribution in [0, 0.1) is 0 Å². The lowest BCUT2D eigenvalue weighted by atomic mass is 9.98. The van der Waals surface area contributed by atoms with Crippen molar-refractivity contribution in [2.45, 2.75) is 12.3 Å². The highest BCUT2D eigenvalue weighted by Gasteiger charge is 2.28. The summed E-state index contributed by atoms with van der Waals surface area (Å²) in [7, 11) is 0. The number of carbonyl (C=O) groups excluding carboxylic acids is 1. The van der Waals surface area contributed by atoms with Crippen LogP contribution in [0.25, 0.3) is 0 Å². The second-order valence-corrected chi connectivity index (χ2v) is 5.12. The van der Waals surface area contributed by atoms with E-state index in [9.17, 15) is 4.79 Å². The van der Waals surface area contributed by atoms with Crippen LogP contribution in [0.15, 0.2) is 30.6 Å². The SMILES string of the molecule is O=C(Nc1ncn[nH]1)N1CC[C@H](c2ccccc2Cl)C1. The fourth-order valence-corrected chi connectivity index (χ4v) is 2.74. The van der Waals surface area contributed by atoms with Gasteiger partial charge in [-0.05, 0) is 18.1 Å². The standard InChI is InChI=1S/C13H14ClN5O/c14-11-4-2-1-3-10(11)9-5-6-19(7-9)13(20)17-12-15-8-16-18-12/h1-4,8-9H,5-7H2,(H2,15,16,17,18,20)/t9-/m0/s1. The molecule has 1 aromatic heterocycles. The summed E-state index contributed by atoms with van der Waals surface area (Å²) in [5, 5.41) is 9.73. The lowest BCUT2D eigenvalue weighted by molar-refractivity contribution is 0.222. The smallest absolute Gasteiger partial charge is 0.324 e. The molecule has 3 rings (SSSR count). The average Bonchev–Trinajstić information content (AvgIpc) is 3.10. The second kappa shape index (κ2) is 5.50. The first kappa shape index (κ1) is 12.9. The third-order valence-electron chi connectivity index (χ3n) is 3.46. The van der Waals surface area contributed by atoms with Crippen LogP contribution in [0.5, 0.6) is 0 Å². The van der Waals surface area contributed by atoms with Gasteiger partial charge in [0.25, 0.3) is 0 Å². The fourth-order valence-electron chi connectivity index (χ4n) is 2.45. The lowest BCUT2D eigenvalue weighted by Gasteiger charge is -2.16. The van der Waals surface area contributed by atoms with Crippen LogP contribution in [-0.4, -0.2) is 39.2 Å². The van der Waals surface area contributed by atoms with E-state index in [1.54, 1.807) is 4.90 Å². The summed E-state index contributed by atoms with van der Waals surface area (Å²) < 4.78 is 0. The molecule has 1 aromatic carbocycles. The molecular formula is C13H14ClN5O. The number of anilines is 1. The maximum atomic E-state index is 12.1. The van der Waals surface area contributed by atoms with E-state index >= 15 is 0 Å². The van der Waals surface area contributed by atoms with E-state index in [-0.39, 0.29) is 11.9 Å². The van der Waals surface area contributed by atoms with Gasteiger partial charge in [-0.25, -0.2) is 9.89 Å². The van der Waals surface area contributed by atoms with Gasteiger partial charge in [0.2, 0.25) is 5.95 Å². The van der Waals surface area contributed by atoms with Crippen molar-refractivity contribution in [1.29, 1.82) is 0 Å². The van der Waals surface area contributed by atoms with Gasteiger partial charge in [-0.1, -0.05) is 29.8 Å². The Labute approximate surface area is 121 Å². The molecule has 2 aromatic rings. The largest absolute Gasteiger partial charge is 0.324 e. The Morgan fingerprint density at radius 1 is 1.45 bits per heavy atom. The quantitative estimate of drug-likeness (QED) is 0.892. The zero-order valence-electron chi connectivity index (χ0n) is 10.7. The topological polar surface area (TPSA) is 73.9 Å². The first-order valence-electron chi connectivity index (χ1n) is 6.40. The predicted molar refractivity (Wildman–Crippen MR) is 75.8 cm³/mol. The molecule has 0 aliphatic carbocycles. The minimum absolute atomic E-state index is 0.170. The molecule has 1 aliphatic heterocycles. The van der Waals surface area contributed by atoms with Gasteiger partial charge >= 0.3 is 6.03 Å². The Hall–Kier alpha value is -2.08. The van der Waals surface area contributed by atoms with Crippen LogP contribution in [0.1, 0.15) is 17.9 Å². The van der Waals surface area contributed by atoms with Gasteiger partial charge in [0, 0.05) is 24.0 Å². The van der Waals surface area contributed by atoms with E-state index in [1.165, 1.54) is 6.33 Å². The third-order valence-corrected chi connectivity index (χ3v) is 3.81. The van der Waals surface area contributed by atoms with Crippen LogP contribution in [0.4, 0.5) is 10.7 Å². The molecule has 6 nitrogen and oxygen atoms in total. The number of aromatic nitrogens is 3. The zero-order chi connectivity index (χ0) is 13.9. The van der Waals surface area contributed by atoms with Gasteiger partial charge in [0.15, 0.2) is 0 Å². The molecule has 0 unspecified atom stereocenters. The number of benzene rings is 1. The molecular weight excluding hydrogens is 278 g/mol. The molecule has 1 atom stereocenters. The molecule has 1 aliphatic rings. The van der Waals surface area contributed by atoms with Crippen molar-refractivity contribution >= 4 is 23.6 Å². The van der Waals surface area contributed by atoms with Crippen molar-refractivity contribution in [3.05, 3.63) is 41.2 Å². The lowest BCUT2D eigenvalue weighted by Crippen LogP contribution is -2.33. The van der Waals surface area contributed by atoms with Gasteiger partial charge < -0.3 is 4.90 Å². The number of nitrogens with zero attached hydrogens (tertiary/aromatic N) is 3. The molecule has 7 heteroatoms. The number of aromatic amines is 1. The van der Waals surface area contributed by atoms with Crippen LogP contribution in [-0.2, 0) is 0 Å². The highest BCUT2D eigenvalue weighted by molar-refractivity contribution is 6.31. The molecule has 2 heterocycles. The minimum atomic E-state index is -0.170. The Balaban J connectivity index is 1.65. The number of likely N-dealkylation sites (tertiary alicyclic amines) is 1. The maximum Gasteiger partial charge on any atom is 0.324 e. The second-order valence-electron chi connectivity index (χ2n) is 4.72. The molecule has 0 saturated carbocycles. The minimum Gasteiger partial charge on any atom is -0.324 e. The van der Waals surface area contributed by atoms with Crippen molar-refractivity contribution in [3.63, 3.8) is 0 Å². The fraction of sp³-hybridized carbons (Fsp3) is 0.308. The van der Waals surface area contributed by atoms with Gasteiger partial charge in [-0.2, -0.15) is 10.1 Å². The number of hydrogen-bond acceptors (Lipinski definition) is 3. The summed E-state index contributed by atoms with van der Waals surface area (Å²) in [6.45, 7) is 1.36. The zero-order valence-corrected chi connectivity index (χ0v) is 11.5. The molecule has 0 bridgehead atoms. The van der Waals surface area contributed by atoms with Crippen LogP contribution < -0.4 is 5.32 Å². The molecule has 1 saturated heterocycles. The van der Waals surface area contributed by atoms with Crippen LogP contribution in [0.3, 0.4) is 0 Å². The molecule has 2 N–H and O–H groups in total. The number of rotatable bonds is 2. The number of carbonyl (C=O) groups is 1. The van der Waals surface area contributed by atoms with Gasteiger partial charge in [0.1, 0.15) is 6.33 Å². The molecule has 0 spiro atoms. The van der Waals surface area contributed by atoms with E-state index in [4.69, 9.17) is 11.6 Å². The first-order valence-corrected chi connectivity index (χ1v) is 6.77. The van der Waals surface area contributed by atoms with Crippen LogP contribution in [0.2, 0.25) is 5.02 Å². The van der Waals surface area contributed by atoms with E-state index in [0.29, 0.717) is 19.0 Å². The maximum absolute atomic E-state index is 12.1. The molecule has 2 amide bonds. The molecule has 0 radical (unpaired) electrons. The summed E-state index contributed by atoms with van der Waals surface area (Å²) >= 11 is 6.20. The van der Waals surface area contributed by atoms with Crippen molar-refractivity contribution in [2.24, 2.45) is 0 Å². The highest BCUT2D eigenvalue weighted by Crippen LogP contribution is 2.31. The van der Waals surface area contributed by atoms with Gasteiger partial charge in [-0.3, -0.25) is 5.32 Å². The molecule has 20 heavy (non-hydrogen) atoms. The van der Waals surface area contributed by atoms with Gasteiger partial charge in [-0.15, -0.1) is 0 Å². The first-order chi connectivity index (χ1) is 9.74. The Morgan fingerprint density at radius 3 is 3.05 bits per heavy atom. The van der Waals surface area contributed by atoms with Crippen molar-refractivity contribution in [2.75, 3.05) is 18.4 Å². The summed E-state index contributed by atoms with van der Waals surface area (Å²) in [6.07, 6.45) is 2.26. The predicted octanol–water partition coefficient (Wildman–Crippen LogP) is 2.48. The molecule has 104 valence electrons. The number of nitrogens with one attached hydrogen (secondary N) is 2. The number of H-pyrrole nitrogens is 1. The van der Waals surface area contributed by atoms with E-state index in [1.807, 2.05) is 24.3 Å². The molecule has 1 fully saturated rings. The third kappa shape index (κ3) is 2.60.